The van der Waals surface area contributed by atoms with Crippen LogP contribution in [0.3, 0.4) is 0 Å². The minimum Gasteiger partial charge on any atom is -0.444 e. The summed E-state index contributed by atoms with van der Waals surface area (Å²) in [7, 11) is 0. The lowest BCUT2D eigenvalue weighted by Crippen LogP contribution is -2.36. The van der Waals surface area contributed by atoms with Crippen molar-refractivity contribution >= 4 is 6.09 Å². The van der Waals surface area contributed by atoms with Gasteiger partial charge in [-0.1, -0.05) is 6.92 Å². The van der Waals surface area contributed by atoms with Crippen molar-refractivity contribution < 1.29 is 9.53 Å². The highest BCUT2D eigenvalue weighted by molar-refractivity contribution is 5.67. The number of amides is 1. The summed E-state index contributed by atoms with van der Waals surface area (Å²) in [5, 5.41) is 6.11. The summed E-state index contributed by atoms with van der Waals surface area (Å²) in [4.78, 5) is 11.4. The molecule has 1 amide bonds. The van der Waals surface area contributed by atoms with Gasteiger partial charge in [0.15, 0.2) is 0 Å². The Kier molecular flexibility index (Phi) is 3.97. The van der Waals surface area contributed by atoms with Crippen LogP contribution in [0.5, 0.6) is 0 Å². The SMILES string of the molecule is C[C@H]1CNC[C@H]1CNC(=O)OC(C)(C)C. The molecule has 0 aliphatic carbocycles. The molecule has 0 bridgehead atoms. The standard InChI is InChI=1S/C11H22N2O2/c1-8-5-12-6-9(8)7-13-10(14)15-11(2,3)4/h8-9,12H,5-7H2,1-4H3,(H,13,14)/t8-,9-/m0/s1. The van der Waals surface area contributed by atoms with E-state index in [2.05, 4.69) is 17.6 Å². The van der Waals surface area contributed by atoms with Gasteiger partial charge in [-0.2, -0.15) is 0 Å². The van der Waals surface area contributed by atoms with Crippen molar-refractivity contribution in [1.29, 1.82) is 0 Å². The number of ether oxygens (including phenoxy) is 1. The van der Waals surface area contributed by atoms with Crippen molar-refractivity contribution in [3.05, 3.63) is 0 Å². The van der Waals surface area contributed by atoms with Gasteiger partial charge in [0.05, 0.1) is 0 Å². The summed E-state index contributed by atoms with van der Waals surface area (Å²) < 4.78 is 5.16. The smallest absolute Gasteiger partial charge is 0.407 e. The zero-order valence-corrected chi connectivity index (χ0v) is 10.1. The Labute approximate surface area is 91.8 Å². The van der Waals surface area contributed by atoms with Gasteiger partial charge in [-0.25, -0.2) is 4.79 Å². The Morgan fingerprint density at radius 2 is 2.13 bits per heavy atom. The van der Waals surface area contributed by atoms with Gasteiger partial charge in [0.25, 0.3) is 0 Å². The monoisotopic (exact) mass is 214 g/mol. The van der Waals surface area contributed by atoms with Crippen molar-refractivity contribution in [2.24, 2.45) is 11.8 Å². The number of rotatable bonds is 2. The Balaban J connectivity index is 2.22. The first-order chi connectivity index (χ1) is 6.88. The zero-order chi connectivity index (χ0) is 11.5. The van der Waals surface area contributed by atoms with E-state index in [1.54, 1.807) is 0 Å². The molecule has 2 N–H and O–H groups in total. The molecule has 0 aromatic heterocycles. The van der Waals surface area contributed by atoms with Crippen LogP contribution in [0.2, 0.25) is 0 Å². The second-order valence-corrected chi connectivity index (χ2v) is 5.28. The van der Waals surface area contributed by atoms with E-state index in [0.29, 0.717) is 18.4 Å². The molecular weight excluding hydrogens is 192 g/mol. The van der Waals surface area contributed by atoms with Gasteiger partial charge in [-0.15, -0.1) is 0 Å². The topological polar surface area (TPSA) is 50.4 Å². The Morgan fingerprint density at radius 3 is 2.60 bits per heavy atom. The van der Waals surface area contributed by atoms with E-state index in [1.807, 2.05) is 20.8 Å². The maximum absolute atomic E-state index is 11.4. The maximum Gasteiger partial charge on any atom is 0.407 e. The van der Waals surface area contributed by atoms with E-state index in [4.69, 9.17) is 4.74 Å². The molecule has 1 heterocycles. The summed E-state index contributed by atoms with van der Waals surface area (Å²) in [6.45, 7) is 10.5. The molecule has 1 aliphatic heterocycles. The fourth-order valence-electron chi connectivity index (χ4n) is 1.67. The molecule has 0 aromatic rings. The summed E-state index contributed by atoms with van der Waals surface area (Å²) in [6.07, 6.45) is -0.318. The highest BCUT2D eigenvalue weighted by Gasteiger charge is 2.24. The van der Waals surface area contributed by atoms with Gasteiger partial charge in [0.2, 0.25) is 0 Å². The van der Waals surface area contributed by atoms with Gasteiger partial charge in [-0.3, -0.25) is 0 Å². The van der Waals surface area contributed by atoms with E-state index in [0.717, 1.165) is 13.1 Å². The minimum atomic E-state index is -0.413. The number of hydrogen-bond acceptors (Lipinski definition) is 3. The first-order valence-electron chi connectivity index (χ1n) is 5.56. The molecule has 0 spiro atoms. The van der Waals surface area contributed by atoms with Crippen LogP contribution >= 0.6 is 0 Å². The number of nitrogens with one attached hydrogen (secondary N) is 2. The molecule has 4 heteroatoms. The first-order valence-corrected chi connectivity index (χ1v) is 5.56. The predicted octanol–water partition coefficient (Wildman–Crippen LogP) is 1.37. The quantitative estimate of drug-likeness (QED) is 0.730. The van der Waals surface area contributed by atoms with Crippen LogP contribution in [0.4, 0.5) is 4.79 Å². The molecule has 1 fully saturated rings. The van der Waals surface area contributed by atoms with Crippen LogP contribution in [-0.2, 0) is 4.74 Å². The lowest BCUT2D eigenvalue weighted by atomic mass is 9.98. The zero-order valence-electron chi connectivity index (χ0n) is 10.1. The summed E-state index contributed by atoms with van der Waals surface area (Å²) >= 11 is 0. The first kappa shape index (κ1) is 12.3. The Hall–Kier alpha value is -0.770. The lowest BCUT2D eigenvalue weighted by Gasteiger charge is -2.21. The van der Waals surface area contributed by atoms with E-state index in [1.165, 1.54) is 0 Å². The van der Waals surface area contributed by atoms with Gasteiger partial charge in [-0.05, 0) is 45.7 Å². The van der Waals surface area contributed by atoms with Gasteiger partial charge in [0, 0.05) is 6.54 Å². The van der Waals surface area contributed by atoms with E-state index < -0.39 is 5.60 Å². The lowest BCUT2D eigenvalue weighted by molar-refractivity contribution is 0.0518. The van der Waals surface area contributed by atoms with E-state index >= 15 is 0 Å². The van der Waals surface area contributed by atoms with Gasteiger partial charge >= 0.3 is 6.09 Å². The summed E-state index contributed by atoms with van der Waals surface area (Å²) in [5.74, 6) is 1.15. The highest BCUT2D eigenvalue weighted by Crippen LogP contribution is 2.14. The molecule has 15 heavy (non-hydrogen) atoms. The van der Waals surface area contributed by atoms with Crippen LogP contribution in [0.1, 0.15) is 27.7 Å². The summed E-state index contributed by atoms with van der Waals surface area (Å²) in [6, 6.07) is 0. The second kappa shape index (κ2) is 4.84. The third kappa shape index (κ3) is 4.51. The number of carbonyl (C=O) groups excluding carboxylic acids is 1. The molecule has 1 saturated heterocycles. The van der Waals surface area contributed by atoms with Crippen LogP contribution in [0.15, 0.2) is 0 Å². The molecule has 0 radical (unpaired) electrons. The fraction of sp³-hybridized carbons (Fsp3) is 0.909. The van der Waals surface area contributed by atoms with Crippen LogP contribution in [0.25, 0.3) is 0 Å². The predicted molar refractivity (Wildman–Crippen MR) is 59.8 cm³/mol. The van der Waals surface area contributed by atoms with Crippen molar-refractivity contribution in [3.63, 3.8) is 0 Å². The average molecular weight is 214 g/mol. The molecule has 1 rings (SSSR count). The van der Waals surface area contributed by atoms with E-state index in [-0.39, 0.29) is 6.09 Å². The molecule has 2 atom stereocenters. The van der Waals surface area contributed by atoms with Crippen molar-refractivity contribution in [2.75, 3.05) is 19.6 Å². The second-order valence-electron chi connectivity index (χ2n) is 5.28. The van der Waals surface area contributed by atoms with E-state index in [9.17, 15) is 4.79 Å². The molecule has 0 unspecified atom stereocenters. The third-order valence-electron chi connectivity index (χ3n) is 2.59. The fourth-order valence-corrected chi connectivity index (χ4v) is 1.67. The molecule has 88 valence electrons. The number of carbonyl (C=O) groups is 1. The van der Waals surface area contributed by atoms with Crippen molar-refractivity contribution in [1.82, 2.24) is 10.6 Å². The Morgan fingerprint density at radius 1 is 1.47 bits per heavy atom. The maximum atomic E-state index is 11.4. The molecule has 4 nitrogen and oxygen atoms in total. The van der Waals surface area contributed by atoms with Crippen LogP contribution < -0.4 is 10.6 Å². The number of hydrogen-bond donors (Lipinski definition) is 2. The highest BCUT2D eigenvalue weighted by atomic mass is 16.6. The summed E-state index contributed by atoms with van der Waals surface area (Å²) in [5.41, 5.74) is -0.413. The molecule has 0 saturated carbocycles. The third-order valence-corrected chi connectivity index (χ3v) is 2.59. The molecule has 1 aliphatic rings. The van der Waals surface area contributed by atoms with Crippen LogP contribution in [0, 0.1) is 11.8 Å². The normalized spacial score (nSPS) is 26.4. The molecular formula is C11H22N2O2. The Bertz CT molecular complexity index is 223. The number of alkyl carbamates (subject to hydrolysis) is 1. The van der Waals surface area contributed by atoms with Gasteiger partial charge in [0.1, 0.15) is 5.60 Å². The van der Waals surface area contributed by atoms with Crippen molar-refractivity contribution in [2.45, 2.75) is 33.3 Å². The average Bonchev–Trinajstić information content (AvgIpc) is 2.44. The largest absolute Gasteiger partial charge is 0.444 e. The minimum absolute atomic E-state index is 0.318. The van der Waals surface area contributed by atoms with Gasteiger partial charge < -0.3 is 15.4 Å². The van der Waals surface area contributed by atoms with Crippen LogP contribution in [-0.4, -0.2) is 31.3 Å². The molecule has 0 aromatic carbocycles. The van der Waals surface area contributed by atoms with Crippen molar-refractivity contribution in [3.8, 4) is 0 Å².